The molecule has 1 aliphatic heterocycles. The third-order valence-electron chi connectivity index (χ3n) is 3.50. The molecule has 1 aromatic rings. The van der Waals surface area contributed by atoms with Crippen LogP contribution >= 0.6 is 27.5 Å². The maximum absolute atomic E-state index is 6.02. The van der Waals surface area contributed by atoms with Gasteiger partial charge in [0.05, 0.1) is 6.10 Å². The van der Waals surface area contributed by atoms with Gasteiger partial charge in [-0.1, -0.05) is 47.4 Å². The van der Waals surface area contributed by atoms with E-state index in [0.29, 0.717) is 12.0 Å². The smallest absolute Gasteiger partial charge is 0.0876 e. The van der Waals surface area contributed by atoms with E-state index in [1.165, 1.54) is 12.0 Å². The lowest BCUT2D eigenvalue weighted by molar-refractivity contribution is -0.0286. The fourth-order valence-electron chi connectivity index (χ4n) is 2.52. The number of hydrogen-bond acceptors (Lipinski definition) is 2. The van der Waals surface area contributed by atoms with Gasteiger partial charge < -0.3 is 10.1 Å². The van der Waals surface area contributed by atoms with Gasteiger partial charge in [-0.25, -0.2) is 0 Å². The average molecular weight is 347 g/mol. The van der Waals surface area contributed by atoms with E-state index in [1.54, 1.807) is 0 Å². The fourth-order valence-corrected chi connectivity index (χ4v) is 3.42. The summed E-state index contributed by atoms with van der Waals surface area (Å²) in [6, 6.07) is 6.47. The summed E-state index contributed by atoms with van der Waals surface area (Å²) in [4.78, 5) is 0. The van der Waals surface area contributed by atoms with Gasteiger partial charge in [0.25, 0.3) is 0 Å². The quantitative estimate of drug-likeness (QED) is 0.862. The largest absolute Gasteiger partial charge is 0.373 e. The van der Waals surface area contributed by atoms with Gasteiger partial charge in [0.15, 0.2) is 0 Å². The molecule has 1 aromatic carbocycles. The van der Waals surface area contributed by atoms with E-state index in [-0.39, 0.29) is 6.10 Å². The lowest BCUT2D eigenvalue weighted by Gasteiger charge is -2.33. The van der Waals surface area contributed by atoms with Crippen LogP contribution in [0.25, 0.3) is 0 Å². The second-order valence-corrected chi connectivity index (χ2v) is 6.71. The Labute approximate surface area is 129 Å². The maximum atomic E-state index is 6.02. The standard InChI is InChI=1S/C15H21BrClNO/c1-10(2)18-9-11-4-3-7-19-15(11)13-6-5-12(17)8-14(13)16/h5-6,8,10-11,15,18H,3-4,7,9H2,1-2H3. The summed E-state index contributed by atoms with van der Waals surface area (Å²) in [5.41, 5.74) is 1.21. The van der Waals surface area contributed by atoms with Crippen LogP contribution < -0.4 is 5.32 Å². The summed E-state index contributed by atoms with van der Waals surface area (Å²) in [5.74, 6) is 0.522. The van der Waals surface area contributed by atoms with Crippen LogP contribution in [-0.2, 0) is 4.74 Å². The SMILES string of the molecule is CC(C)NCC1CCCOC1c1ccc(Cl)cc1Br. The lowest BCUT2D eigenvalue weighted by Crippen LogP contribution is -2.35. The molecule has 1 aliphatic rings. The first-order valence-electron chi connectivity index (χ1n) is 6.88. The Morgan fingerprint density at radius 2 is 2.26 bits per heavy atom. The second kappa shape index (κ2) is 7.07. The van der Waals surface area contributed by atoms with Crippen LogP contribution in [0.15, 0.2) is 22.7 Å². The molecule has 0 aliphatic carbocycles. The molecule has 1 fully saturated rings. The zero-order valence-electron chi connectivity index (χ0n) is 11.5. The van der Waals surface area contributed by atoms with E-state index in [0.717, 1.165) is 29.1 Å². The molecule has 106 valence electrons. The number of benzene rings is 1. The van der Waals surface area contributed by atoms with Crippen molar-refractivity contribution < 1.29 is 4.74 Å². The summed E-state index contributed by atoms with van der Waals surface area (Å²) < 4.78 is 7.06. The molecule has 1 heterocycles. The second-order valence-electron chi connectivity index (χ2n) is 5.42. The lowest BCUT2D eigenvalue weighted by atomic mass is 9.89. The number of halogens is 2. The summed E-state index contributed by atoms with van der Waals surface area (Å²) in [6.45, 7) is 6.20. The van der Waals surface area contributed by atoms with Gasteiger partial charge in [0, 0.05) is 34.6 Å². The molecule has 0 saturated carbocycles. The highest BCUT2D eigenvalue weighted by atomic mass is 79.9. The molecule has 0 amide bonds. The van der Waals surface area contributed by atoms with Crippen LogP contribution in [0, 0.1) is 5.92 Å². The van der Waals surface area contributed by atoms with E-state index in [4.69, 9.17) is 16.3 Å². The van der Waals surface area contributed by atoms with Gasteiger partial charge in [-0.05, 0) is 30.5 Å². The topological polar surface area (TPSA) is 21.3 Å². The first-order chi connectivity index (χ1) is 9.08. The maximum Gasteiger partial charge on any atom is 0.0876 e. The van der Waals surface area contributed by atoms with E-state index in [2.05, 4.69) is 41.2 Å². The van der Waals surface area contributed by atoms with E-state index in [1.807, 2.05) is 12.1 Å². The summed E-state index contributed by atoms with van der Waals surface area (Å²) in [6.07, 6.45) is 2.51. The van der Waals surface area contributed by atoms with Crippen molar-refractivity contribution in [2.45, 2.75) is 38.8 Å². The monoisotopic (exact) mass is 345 g/mol. The number of rotatable bonds is 4. The van der Waals surface area contributed by atoms with Crippen LogP contribution in [-0.4, -0.2) is 19.2 Å². The van der Waals surface area contributed by atoms with E-state index < -0.39 is 0 Å². The highest BCUT2D eigenvalue weighted by molar-refractivity contribution is 9.10. The number of ether oxygens (including phenoxy) is 1. The summed E-state index contributed by atoms with van der Waals surface area (Å²) in [7, 11) is 0. The molecule has 2 rings (SSSR count). The third-order valence-corrected chi connectivity index (χ3v) is 4.42. The van der Waals surface area contributed by atoms with Crippen molar-refractivity contribution >= 4 is 27.5 Å². The van der Waals surface area contributed by atoms with Crippen molar-refractivity contribution in [1.82, 2.24) is 5.32 Å². The molecular formula is C15H21BrClNO. The molecule has 0 spiro atoms. The van der Waals surface area contributed by atoms with Crippen molar-refractivity contribution in [3.8, 4) is 0 Å². The summed E-state index contributed by atoms with van der Waals surface area (Å²) in [5, 5.41) is 4.28. The Hall–Kier alpha value is -0.0900. The van der Waals surface area contributed by atoms with Crippen molar-refractivity contribution in [3.05, 3.63) is 33.3 Å². The Bertz CT molecular complexity index is 425. The third kappa shape index (κ3) is 4.19. The first kappa shape index (κ1) is 15.3. The first-order valence-corrected chi connectivity index (χ1v) is 8.05. The van der Waals surface area contributed by atoms with Gasteiger partial charge in [0.1, 0.15) is 0 Å². The molecule has 1 N–H and O–H groups in total. The van der Waals surface area contributed by atoms with Crippen molar-refractivity contribution in [3.63, 3.8) is 0 Å². The van der Waals surface area contributed by atoms with Crippen LogP contribution in [0.3, 0.4) is 0 Å². The average Bonchev–Trinajstić information content (AvgIpc) is 2.37. The Kier molecular flexibility index (Phi) is 5.70. The molecule has 2 nitrogen and oxygen atoms in total. The summed E-state index contributed by atoms with van der Waals surface area (Å²) >= 11 is 9.62. The van der Waals surface area contributed by atoms with Crippen LogP contribution in [0.4, 0.5) is 0 Å². The van der Waals surface area contributed by atoms with Gasteiger partial charge in [-0.15, -0.1) is 0 Å². The van der Waals surface area contributed by atoms with Gasteiger partial charge in [-0.2, -0.15) is 0 Å². The van der Waals surface area contributed by atoms with E-state index >= 15 is 0 Å². The zero-order chi connectivity index (χ0) is 13.8. The zero-order valence-corrected chi connectivity index (χ0v) is 13.8. The predicted molar refractivity (Wildman–Crippen MR) is 83.7 cm³/mol. The highest BCUT2D eigenvalue weighted by Crippen LogP contribution is 2.37. The van der Waals surface area contributed by atoms with Gasteiger partial charge in [0.2, 0.25) is 0 Å². The normalized spacial score (nSPS) is 23.8. The van der Waals surface area contributed by atoms with Gasteiger partial charge >= 0.3 is 0 Å². The van der Waals surface area contributed by atoms with E-state index in [9.17, 15) is 0 Å². The minimum atomic E-state index is 0.159. The predicted octanol–water partition coefficient (Wildman–Crippen LogP) is 4.57. The Balaban J connectivity index is 2.14. The molecule has 19 heavy (non-hydrogen) atoms. The van der Waals surface area contributed by atoms with Crippen LogP contribution in [0.5, 0.6) is 0 Å². The number of nitrogens with one attached hydrogen (secondary N) is 1. The molecule has 4 heteroatoms. The van der Waals surface area contributed by atoms with Crippen molar-refractivity contribution in [2.24, 2.45) is 5.92 Å². The fraction of sp³-hybridized carbons (Fsp3) is 0.600. The molecule has 0 radical (unpaired) electrons. The molecule has 2 unspecified atom stereocenters. The van der Waals surface area contributed by atoms with Crippen LogP contribution in [0.2, 0.25) is 5.02 Å². The Morgan fingerprint density at radius 1 is 1.47 bits per heavy atom. The molecule has 0 aromatic heterocycles. The molecular weight excluding hydrogens is 326 g/mol. The highest BCUT2D eigenvalue weighted by Gasteiger charge is 2.28. The minimum Gasteiger partial charge on any atom is -0.373 e. The van der Waals surface area contributed by atoms with Crippen molar-refractivity contribution in [1.29, 1.82) is 0 Å². The Morgan fingerprint density at radius 3 is 2.95 bits per heavy atom. The number of hydrogen-bond donors (Lipinski definition) is 1. The van der Waals surface area contributed by atoms with Crippen LogP contribution in [0.1, 0.15) is 38.4 Å². The molecule has 2 atom stereocenters. The minimum absolute atomic E-state index is 0.159. The van der Waals surface area contributed by atoms with Crippen molar-refractivity contribution in [2.75, 3.05) is 13.2 Å². The molecule has 1 saturated heterocycles. The molecule has 0 bridgehead atoms. The van der Waals surface area contributed by atoms with Gasteiger partial charge in [-0.3, -0.25) is 0 Å².